The first-order valence-electron chi connectivity index (χ1n) is 8.61. The number of hydrogen-bond acceptors (Lipinski definition) is 5. The van der Waals surface area contributed by atoms with E-state index in [0.29, 0.717) is 0 Å². The molecule has 0 aromatic heterocycles. The third kappa shape index (κ3) is 4.61. The van der Waals surface area contributed by atoms with Gasteiger partial charge in [-0.2, -0.15) is 0 Å². The fraction of sp³-hybridized carbons (Fsp3) is 0.286. The Hall–Kier alpha value is -2.40. The molecule has 3 rings (SSSR count). The lowest BCUT2D eigenvalue weighted by Gasteiger charge is -2.25. The summed E-state index contributed by atoms with van der Waals surface area (Å²) in [5.74, 6) is 0.550. The van der Waals surface area contributed by atoms with Crippen molar-refractivity contribution in [2.45, 2.75) is 29.9 Å². The van der Waals surface area contributed by atoms with E-state index in [0.717, 1.165) is 29.2 Å². The van der Waals surface area contributed by atoms with E-state index in [9.17, 15) is 4.79 Å². The number of methoxy groups -OCH3 is 1. The summed E-state index contributed by atoms with van der Waals surface area (Å²) in [6.07, 6.45) is 6.88. The highest BCUT2D eigenvalue weighted by molar-refractivity contribution is 7.98. The zero-order valence-electron chi connectivity index (χ0n) is 15.0. The van der Waals surface area contributed by atoms with Gasteiger partial charge in [0.15, 0.2) is 0 Å². The van der Waals surface area contributed by atoms with Crippen LogP contribution in [0.1, 0.15) is 12.0 Å². The summed E-state index contributed by atoms with van der Waals surface area (Å²) in [6.45, 7) is 0. The lowest BCUT2D eigenvalue weighted by Crippen LogP contribution is -2.34. The summed E-state index contributed by atoms with van der Waals surface area (Å²) in [5, 5.41) is 3.58. The third-order valence-corrected chi connectivity index (χ3v) is 5.18. The van der Waals surface area contributed by atoms with Crippen LogP contribution in [0.4, 0.5) is 5.69 Å². The Bertz CT molecular complexity index is 776. The number of thioether (sulfide) groups is 1. The monoisotopic (exact) mass is 369 g/mol. The van der Waals surface area contributed by atoms with Crippen molar-refractivity contribution < 1.29 is 14.3 Å². The molecule has 4 nitrogen and oxygen atoms in total. The fourth-order valence-corrected chi connectivity index (χ4v) is 3.59. The predicted octanol–water partition coefficient (Wildman–Crippen LogP) is 4.31. The molecule has 0 radical (unpaired) electrons. The molecule has 0 spiro atoms. The SMILES string of the molecule is COc1ccc(N[C@@H](CCc2ccccc2)[C@H]2C=CC(=O)O2)c(SC)c1. The van der Waals surface area contributed by atoms with E-state index in [1.54, 1.807) is 18.9 Å². The maximum Gasteiger partial charge on any atom is 0.331 e. The summed E-state index contributed by atoms with van der Waals surface area (Å²) in [4.78, 5) is 12.6. The van der Waals surface area contributed by atoms with E-state index in [1.165, 1.54) is 11.6 Å². The molecule has 0 unspecified atom stereocenters. The number of esters is 1. The second-order valence-electron chi connectivity index (χ2n) is 6.10. The number of rotatable bonds is 8. The Morgan fingerprint density at radius 2 is 2.04 bits per heavy atom. The first kappa shape index (κ1) is 18.4. The van der Waals surface area contributed by atoms with Crippen molar-refractivity contribution in [3.8, 4) is 5.75 Å². The van der Waals surface area contributed by atoms with Gasteiger partial charge in [0.1, 0.15) is 11.9 Å². The Labute approximate surface area is 158 Å². The van der Waals surface area contributed by atoms with Crippen molar-refractivity contribution in [1.82, 2.24) is 0 Å². The van der Waals surface area contributed by atoms with Gasteiger partial charge in [0, 0.05) is 16.7 Å². The van der Waals surface area contributed by atoms with E-state index in [1.807, 2.05) is 48.7 Å². The largest absolute Gasteiger partial charge is 0.497 e. The Morgan fingerprint density at radius 1 is 1.23 bits per heavy atom. The van der Waals surface area contributed by atoms with E-state index < -0.39 is 0 Å². The van der Waals surface area contributed by atoms with Gasteiger partial charge in [0.05, 0.1) is 13.2 Å². The minimum Gasteiger partial charge on any atom is -0.497 e. The lowest BCUT2D eigenvalue weighted by molar-refractivity contribution is -0.139. The average molecular weight is 369 g/mol. The van der Waals surface area contributed by atoms with E-state index in [2.05, 4.69) is 17.4 Å². The van der Waals surface area contributed by atoms with Gasteiger partial charge in [-0.05, 0) is 48.9 Å². The summed E-state index contributed by atoms with van der Waals surface area (Å²) < 4.78 is 10.8. The zero-order valence-corrected chi connectivity index (χ0v) is 15.8. The second kappa shape index (κ2) is 8.81. The molecule has 2 aromatic carbocycles. The smallest absolute Gasteiger partial charge is 0.331 e. The first-order valence-corrected chi connectivity index (χ1v) is 9.83. The molecule has 1 heterocycles. The van der Waals surface area contributed by atoms with Crippen LogP contribution < -0.4 is 10.1 Å². The molecule has 0 bridgehead atoms. The van der Waals surface area contributed by atoms with Crippen LogP contribution in [0.15, 0.2) is 65.6 Å². The van der Waals surface area contributed by atoms with Gasteiger partial charge in [-0.1, -0.05) is 30.3 Å². The van der Waals surface area contributed by atoms with Gasteiger partial charge in [0.25, 0.3) is 0 Å². The molecule has 0 saturated heterocycles. The van der Waals surface area contributed by atoms with Gasteiger partial charge in [-0.25, -0.2) is 4.79 Å². The minimum absolute atomic E-state index is 0.00259. The number of cyclic esters (lactones) is 1. The summed E-state index contributed by atoms with van der Waals surface area (Å²) in [7, 11) is 1.66. The van der Waals surface area contributed by atoms with Crippen molar-refractivity contribution in [3.05, 3.63) is 66.2 Å². The molecular formula is C21H23NO3S. The second-order valence-corrected chi connectivity index (χ2v) is 6.95. The Kier molecular flexibility index (Phi) is 6.23. The van der Waals surface area contributed by atoms with Gasteiger partial charge < -0.3 is 14.8 Å². The first-order chi connectivity index (χ1) is 12.7. The van der Waals surface area contributed by atoms with Crippen molar-refractivity contribution in [2.75, 3.05) is 18.7 Å². The van der Waals surface area contributed by atoms with Crippen molar-refractivity contribution in [2.24, 2.45) is 0 Å². The van der Waals surface area contributed by atoms with Crippen molar-refractivity contribution >= 4 is 23.4 Å². The molecule has 136 valence electrons. The average Bonchev–Trinajstić information content (AvgIpc) is 3.12. The molecule has 0 aliphatic carbocycles. The Balaban J connectivity index is 1.77. The summed E-state index contributed by atoms with van der Waals surface area (Å²) in [6, 6.07) is 16.3. The topological polar surface area (TPSA) is 47.6 Å². The maximum absolute atomic E-state index is 11.5. The normalized spacial score (nSPS) is 17.0. The molecule has 1 N–H and O–H groups in total. The molecular weight excluding hydrogens is 346 g/mol. The van der Waals surface area contributed by atoms with Gasteiger partial charge in [0.2, 0.25) is 0 Å². The van der Waals surface area contributed by atoms with Crippen LogP contribution in [-0.2, 0) is 16.0 Å². The predicted molar refractivity (Wildman–Crippen MR) is 106 cm³/mol. The van der Waals surface area contributed by atoms with Crippen LogP contribution in [0.5, 0.6) is 5.75 Å². The molecule has 2 aromatic rings. The van der Waals surface area contributed by atoms with E-state index >= 15 is 0 Å². The third-order valence-electron chi connectivity index (χ3n) is 4.41. The number of carbonyl (C=O) groups excluding carboxylic acids is 1. The minimum atomic E-state index is -0.277. The molecule has 0 fully saturated rings. The molecule has 5 heteroatoms. The highest BCUT2D eigenvalue weighted by Gasteiger charge is 2.27. The number of nitrogens with one attached hydrogen (secondary N) is 1. The van der Waals surface area contributed by atoms with Crippen LogP contribution in [0.25, 0.3) is 0 Å². The van der Waals surface area contributed by atoms with E-state index in [4.69, 9.17) is 9.47 Å². The number of ether oxygens (including phenoxy) is 2. The fourth-order valence-electron chi connectivity index (χ4n) is 3.01. The highest BCUT2D eigenvalue weighted by Crippen LogP contribution is 2.31. The summed E-state index contributed by atoms with van der Waals surface area (Å²) >= 11 is 1.66. The van der Waals surface area contributed by atoms with Crippen LogP contribution in [0, 0.1) is 0 Å². The summed E-state index contributed by atoms with van der Waals surface area (Å²) in [5.41, 5.74) is 2.29. The van der Waals surface area contributed by atoms with Crippen LogP contribution >= 0.6 is 11.8 Å². The quantitative estimate of drug-likeness (QED) is 0.555. The standard InChI is InChI=1S/C21H23NO3S/c1-24-16-9-11-18(20(14-16)26-2)22-17(19-12-13-21(23)25-19)10-8-15-6-4-3-5-7-15/h3-7,9,11-14,17,19,22H,8,10H2,1-2H3/t17-,19+/m0/s1. The maximum atomic E-state index is 11.5. The van der Waals surface area contributed by atoms with Crippen molar-refractivity contribution in [1.29, 1.82) is 0 Å². The van der Waals surface area contributed by atoms with Gasteiger partial charge in [-0.3, -0.25) is 0 Å². The number of anilines is 1. The van der Waals surface area contributed by atoms with Gasteiger partial charge in [-0.15, -0.1) is 11.8 Å². The van der Waals surface area contributed by atoms with E-state index in [-0.39, 0.29) is 18.1 Å². The van der Waals surface area contributed by atoms with Gasteiger partial charge >= 0.3 is 5.97 Å². The molecule has 0 saturated carbocycles. The molecule has 1 aliphatic heterocycles. The van der Waals surface area contributed by atoms with Crippen LogP contribution in [-0.4, -0.2) is 31.5 Å². The highest BCUT2D eigenvalue weighted by atomic mass is 32.2. The molecule has 1 aliphatic rings. The van der Waals surface area contributed by atoms with Crippen LogP contribution in [0.2, 0.25) is 0 Å². The number of aryl methyl sites for hydroxylation is 1. The van der Waals surface area contributed by atoms with Crippen LogP contribution in [0.3, 0.4) is 0 Å². The molecule has 2 atom stereocenters. The number of benzene rings is 2. The molecule has 0 amide bonds. The zero-order chi connectivity index (χ0) is 18.4. The number of carbonyl (C=O) groups is 1. The number of hydrogen-bond donors (Lipinski definition) is 1. The lowest BCUT2D eigenvalue weighted by atomic mass is 10.0. The van der Waals surface area contributed by atoms with Crippen molar-refractivity contribution in [3.63, 3.8) is 0 Å². The molecule has 26 heavy (non-hydrogen) atoms. The Morgan fingerprint density at radius 3 is 2.69 bits per heavy atom.